The topological polar surface area (TPSA) is 60.0 Å². The van der Waals surface area contributed by atoms with Gasteiger partial charge in [0.05, 0.1) is 22.4 Å². The van der Waals surface area contributed by atoms with E-state index < -0.39 is 0 Å². The Balaban J connectivity index is 1.37. The molecule has 6 heteroatoms. The van der Waals surface area contributed by atoms with Crippen LogP contribution in [0.4, 0.5) is 17.6 Å². The molecule has 0 bridgehead atoms. The van der Waals surface area contributed by atoms with Crippen LogP contribution in [0, 0.1) is 0 Å². The third-order valence-corrected chi connectivity index (χ3v) is 8.77. The minimum atomic E-state index is 0.522. The number of rotatable bonds is 2. The number of imidazole rings is 1. The van der Waals surface area contributed by atoms with Crippen LogP contribution in [-0.4, -0.2) is 19.5 Å². The van der Waals surface area contributed by atoms with Gasteiger partial charge in [0, 0.05) is 27.5 Å². The van der Waals surface area contributed by atoms with Crippen molar-refractivity contribution in [1.82, 2.24) is 19.5 Å². The number of hydrogen-bond acceptors (Lipinski definition) is 5. The molecule has 6 nitrogen and oxygen atoms in total. The van der Waals surface area contributed by atoms with Crippen LogP contribution in [0.5, 0.6) is 0 Å². The molecule has 6 aromatic carbocycles. The third-order valence-electron chi connectivity index (χ3n) is 8.77. The molecule has 0 fully saturated rings. The first kappa shape index (κ1) is 24.2. The zero-order valence-corrected chi connectivity index (χ0v) is 23.9. The molecular weight excluding hydrogens is 554 g/mol. The van der Waals surface area contributed by atoms with E-state index in [4.69, 9.17) is 19.4 Å². The summed E-state index contributed by atoms with van der Waals surface area (Å²) in [5.41, 5.74) is 10.0. The maximum Gasteiger partial charge on any atom is 0.238 e. The molecule has 10 rings (SSSR count). The van der Waals surface area contributed by atoms with Crippen molar-refractivity contribution in [3.63, 3.8) is 0 Å². The van der Waals surface area contributed by atoms with Crippen molar-refractivity contribution in [1.29, 1.82) is 0 Å². The lowest BCUT2D eigenvalue weighted by Gasteiger charge is -2.22. The average Bonchev–Trinajstić information content (AvgIpc) is 3.64. The number of fused-ring (bicyclic) bond motifs is 12. The normalized spacial score (nSPS) is 12.4. The first-order chi connectivity index (χ1) is 22.3. The molecule has 0 atom stereocenters. The maximum absolute atomic E-state index is 6.43. The second kappa shape index (κ2) is 9.11. The highest BCUT2D eigenvalue weighted by Gasteiger charge is 2.32. The minimum absolute atomic E-state index is 0.522. The lowest BCUT2D eigenvalue weighted by molar-refractivity contribution is 0.667. The number of benzene rings is 6. The fourth-order valence-electron chi connectivity index (χ4n) is 6.76. The summed E-state index contributed by atoms with van der Waals surface area (Å²) in [5.74, 6) is 1.25. The summed E-state index contributed by atoms with van der Waals surface area (Å²) in [7, 11) is 0. The molecule has 0 saturated carbocycles. The number of para-hydroxylation sites is 3. The van der Waals surface area contributed by atoms with Gasteiger partial charge in [0.1, 0.15) is 16.8 Å². The van der Waals surface area contributed by atoms with Crippen LogP contribution in [0.25, 0.3) is 71.9 Å². The van der Waals surface area contributed by atoms with Gasteiger partial charge in [-0.2, -0.15) is 0 Å². The number of furan rings is 1. The van der Waals surface area contributed by atoms with Crippen LogP contribution < -0.4 is 4.90 Å². The standard InChI is InChI=1S/C39H23N5O/c1-2-13-25(14-3-1)34-37-36(29-18-8-11-21-33(29)45-37)41-38(40-34)44-31-20-10-7-17-28(31)27-16-6-9-19-30(27)43-32-23-22-24-12-4-5-15-26(24)35(32)42-39(43)44/h1-23H. The summed E-state index contributed by atoms with van der Waals surface area (Å²) in [4.78, 5) is 18.1. The molecule has 0 unspecified atom stereocenters. The van der Waals surface area contributed by atoms with Crippen LogP contribution in [0.3, 0.4) is 0 Å². The Bertz CT molecular complexity index is 2620. The van der Waals surface area contributed by atoms with Crippen molar-refractivity contribution in [2.45, 2.75) is 0 Å². The molecule has 9 aromatic rings. The van der Waals surface area contributed by atoms with Gasteiger partial charge < -0.3 is 4.42 Å². The second-order valence-corrected chi connectivity index (χ2v) is 11.3. The largest absolute Gasteiger partial charge is 0.452 e. The fraction of sp³-hybridized carbons (Fsp3) is 0. The van der Waals surface area contributed by atoms with E-state index in [0.717, 1.165) is 78.0 Å². The predicted molar refractivity (Wildman–Crippen MR) is 181 cm³/mol. The molecule has 1 aliphatic rings. The summed E-state index contributed by atoms with van der Waals surface area (Å²) in [5, 5.41) is 3.19. The van der Waals surface area contributed by atoms with Gasteiger partial charge in [-0.25, -0.2) is 19.9 Å². The Morgan fingerprint density at radius 2 is 1.20 bits per heavy atom. The highest BCUT2D eigenvalue weighted by atomic mass is 16.3. The lowest BCUT2D eigenvalue weighted by atomic mass is 10.0. The smallest absolute Gasteiger partial charge is 0.238 e. The highest BCUT2D eigenvalue weighted by molar-refractivity contribution is 6.09. The van der Waals surface area contributed by atoms with Gasteiger partial charge in [0.2, 0.25) is 11.9 Å². The Hall–Kier alpha value is -6.27. The first-order valence-corrected chi connectivity index (χ1v) is 15.0. The molecule has 0 N–H and O–H groups in total. The highest BCUT2D eigenvalue weighted by Crippen LogP contribution is 2.48. The van der Waals surface area contributed by atoms with Crippen LogP contribution in [0.1, 0.15) is 0 Å². The number of aromatic nitrogens is 4. The van der Waals surface area contributed by atoms with Crippen LogP contribution in [0.2, 0.25) is 0 Å². The average molecular weight is 578 g/mol. The zero-order valence-electron chi connectivity index (χ0n) is 23.9. The van der Waals surface area contributed by atoms with E-state index in [-0.39, 0.29) is 0 Å². The summed E-state index contributed by atoms with van der Waals surface area (Å²) in [6.07, 6.45) is 0. The van der Waals surface area contributed by atoms with Gasteiger partial charge in [-0.1, -0.05) is 109 Å². The molecule has 4 heterocycles. The Kier molecular flexibility index (Phi) is 4.90. The van der Waals surface area contributed by atoms with Crippen molar-refractivity contribution >= 4 is 61.5 Å². The van der Waals surface area contributed by atoms with Crippen LogP contribution in [0.15, 0.2) is 144 Å². The van der Waals surface area contributed by atoms with Crippen molar-refractivity contribution < 1.29 is 4.42 Å². The zero-order chi connectivity index (χ0) is 29.5. The summed E-state index contributed by atoms with van der Waals surface area (Å²) in [6, 6.07) is 47.9. The van der Waals surface area contributed by atoms with Crippen LogP contribution in [-0.2, 0) is 0 Å². The van der Waals surface area contributed by atoms with Crippen molar-refractivity contribution in [3.8, 4) is 28.1 Å². The van der Waals surface area contributed by atoms with E-state index in [1.165, 1.54) is 0 Å². The van der Waals surface area contributed by atoms with Gasteiger partial charge in [0.15, 0.2) is 5.58 Å². The summed E-state index contributed by atoms with van der Waals surface area (Å²) < 4.78 is 8.68. The lowest BCUT2D eigenvalue weighted by Crippen LogP contribution is -2.17. The van der Waals surface area contributed by atoms with Gasteiger partial charge in [-0.15, -0.1) is 0 Å². The first-order valence-electron chi connectivity index (χ1n) is 15.0. The molecule has 210 valence electrons. The summed E-state index contributed by atoms with van der Waals surface area (Å²) in [6.45, 7) is 0. The van der Waals surface area contributed by atoms with E-state index in [1.807, 2.05) is 36.4 Å². The number of hydrogen-bond donors (Lipinski definition) is 0. The van der Waals surface area contributed by atoms with Gasteiger partial charge in [-0.3, -0.25) is 4.57 Å². The number of nitrogens with zero attached hydrogens (tertiary/aromatic N) is 5. The molecule has 3 aromatic heterocycles. The summed E-state index contributed by atoms with van der Waals surface area (Å²) >= 11 is 0. The van der Waals surface area contributed by atoms with E-state index in [1.54, 1.807) is 0 Å². The molecular formula is C39H23N5O. The van der Waals surface area contributed by atoms with Crippen molar-refractivity contribution in [3.05, 3.63) is 140 Å². The Labute approximate surface area is 257 Å². The van der Waals surface area contributed by atoms with Crippen LogP contribution >= 0.6 is 0 Å². The van der Waals surface area contributed by atoms with E-state index in [2.05, 4.69) is 113 Å². The molecule has 0 spiro atoms. The van der Waals surface area contributed by atoms with Crippen molar-refractivity contribution in [2.75, 3.05) is 4.90 Å². The van der Waals surface area contributed by atoms with E-state index >= 15 is 0 Å². The SMILES string of the molecule is c1ccc(-c2nc(N3c4ccccc4-c4ccccc4-n4c3nc3c5ccccc5ccc34)nc3c2oc2ccccc23)cc1. The minimum Gasteiger partial charge on any atom is -0.452 e. The maximum atomic E-state index is 6.43. The molecule has 0 saturated heterocycles. The van der Waals surface area contributed by atoms with E-state index in [0.29, 0.717) is 11.5 Å². The molecule has 0 amide bonds. The molecule has 1 aliphatic heterocycles. The van der Waals surface area contributed by atoms with Gasteiger partial charge >= 0.3 is 0 Å². The molecule has 0 radical (unpaired) electrons. The second-order valence-electron chi connectivity index (χ2n) is 11.3. The monoisotopic (exact) mass is 577 g/mol. The van der Waals surface area contributed by atoms with E-state index in [9.17, 15) is 0 Å². The molecule has 0 aliphatic carbocycles. The van der Waals surface area contributed by atoms with Gasteiger partial charge in [-0.05, 0) is 35.7 Å². The van der Waals surface area contributed by atoms with Gasteiger partial charge in [0.25, 0.3) is 0 Å². The fourth-order valence-corrected chi connectivity index (χ4v) is 6.76. The molecule has 45 heavy (non-hydrogen) atoms. The Morgan fingerprint density at radius 1 is 0.511 bits per heavy atom. The predicted octanol–water partition coefficient (Wildman–Crippen LogP) is 9.99. The Morgan fingerprint density at radius 3 is 2.07 bits per heavy atom. The number of anilines is 3. The van der Waals surface area contributed by atoms with Crippen molar-refractivity contribution in [2.24, 2.45) is 0 Å². The third kappa shape index (κ3) is 3.42. The quantitative estimate of drug-likeness (QED) is 0.205.